The zero-order valence-electron chi connectivity index (χ0n) is 17.2. The molecule has 0 saturated carbocycles. The minimum atomic E-state index is -0.441. The summed E-state index contributed by atoms with van der Waals surface area (Å²) in [7, 11) is 0. The number of anilines is 2. The number of ether oxygens (including phenoxy) is 1. The third kappa shape index (κ3) is 3.82. The Kier molecular flexibility index (Phi) is 4.76. The molecule has 0 unspecified atom stereocenters. The van der Waals surface area contributed by atoms with Crippen molar-refractivity contribution in [3.63, 3.8) is 0 Å². The van der Waals surface area contributed by atoms with Crippen LogP contribution in [0, 0.1) is 5.41 Å². The first-order chi connectivity index (χ1) is 13.2. The van der Waals surface area contributed by atoms with E-state index < -0.39 is 5.60 Å². The van der Waals surface area contributed by atoms with Crippen molar-refractivity contribution < 1.29 is 14.3 Å². The molecule has 4 rings (SSSR count). The Balaban J connectivity index is 1.35. The molecule has 2 saturated heterocycles. The molecule has 28 heavy (non-hydrogen) atoms. The van der Waals surface area contributed by atoms with Crippen LogP contribution in [0.3, 0.4) is 0 Å². The van der Waals surface area contributed by atoms with E-state index in [1.165, 1.54) is 5.69 Å². The molecule has 3 aliphatic rings. The minimum Gasteiger partial charge on any atom is -0.444 e. The predicted molar refractivity (Wildman–Crippen MR) is 110 cm³/mol. The van der Waals surface area contributed by atoms with Gasteiger partial charge in [-0.2, -0.15) is 0 Å². The highest BCUT2D eigenvalue weighted by atomic mass is 16.6. The number of fused-ring (bicyclic) bond motifs is 1. The van der Waals surface area contributed by atoms with E-state index in [1.807, 2.05) is 37.8 Å². The summed E-state index contributed by atoms with van der Waals surface area (Å²) in [4.78, 5) is 28.4. The Morgan fingerprint density at radius 3 is 2.36 bits per heavy atom. The number of rotatable bonds is 1. The van der Waals surface area contributed by atoms with Crippen molar-refractivity contribution in [3.8, 4) is 0 Å². The second kappa shape index (κ2) is 6.98. The fraction of sp³-hybridized carbons (Fsp3) is 0.636. The first-order valence-electron chi connectivity index (χ1n) is 10.4. The van der Waals surface area contributed by atoms with E-state index in [-0.39, 0.29) is 12.0 Å². The standard InChI is InChI=1S/C22H31N3O3/c1-21(2,3)28-20(27)25-13-9-22(10-14-25)7-11-24(12-8-22)18-6-4-5-17-16(18)15-19(26)23-17/h4-6H,7-15H2,1-3H3,(H,23,26). The first kappa shape index (κ1) is 19.1. The number of hydrogen-bond acceptors (Lipinski definition) is 4. The van der Waals surface area contributed by atoms with E-state index in [0.29, 0.717) is 11.8 Å². The Morgan fingerprint density at radius 1 is 1.07 bits per heavy atom. The number of nitrogens with zero attached hydrogens (tertiary/aromatic N) is 2. The van der Waals surface area contributed by atoms with Crippen molar-refractivity contribution >= 4 is 23.4 Å². The van der Waals surface area contributed by atoms with E-state index in [1.54, 1.807) is 0 Å². The minimum absolute atomic E-state index is 0.0884. The van der Waals surface area contributed by atoms with Gasteiger partial charge in [0, 0.05) is 43.1 Å². The molecule has 0 bridgehead atoms. The van der Waals surface area contributed by atoms with Gasteiger partial charge in [-0.3, -0.25) is 4.79 Å². The fourth-order valence-corrected chi connectivity index (χ4v) is 4.74. The van der Waals surface area contributed by atoms with Crippen LogP contribution in [0.1, 0.15) is 52.0 Å². The molecule has 3 heterocycles. The zero-order valence-corrected chi connectivity index (χ0v) is 17.2. The van der Waals surface area contributed by atoms with Crippen molar-refractivity contribution in [2.24, 2.45) is 5.41 Å². The average molecular weight is 386 g/mol. The van der Waals surface area contributed by atoms with Gasteiger partial charge >= 0.3 is 6.09 Å². The van der Waals surface area contributed by atoms with Crippen molar-refractivity contribution in [1.29, 1.82) is 0 Å². The van der Waals surface area contributed by atoms with Gasteiger partial charge in [0.1, 0.15) is 5.60 Å². The lowest BCUT2D eigenvalue weighted by atomic mass is 9.71. The Bertz CT molecular complexity index is 766. The molecule has 0 atom stereocenters. The SMILES string of the molecule is CC(C)(C)OC(=O)N1CCC2(CC1)CCN(c1cccc3c1CC(=O)N3)CC2. The van der Waals surface area contributed by atoms with Gasteiger partial charge in [-0.15, -0.1) is 0 Å². The summed E-state index contributed by atoms with van der Waals surface area (Å²) in [5.74, 6) is 0.0884. The molecule has 6 nitrogen and oxygen atoms in total. The van der Waals surface area contributed by atoms with Crippen LogP contribution >= 0.6 is 0 Å². The molecular weight excluding hydrogens is 354 g/mol. The summed E-state index contributed by atoms with van der Waals surface area (Å²) in [6, 6.07) is 6.16. The van der Waals surface area contributed by atoms with E-state index >= 15 is 0 Å². The van der Waals surface area contributed by atoms with Crippen molar-refractivity contribution in [3.05, 3.63) is 23.8 Å². The van der Waals surface area contributed by atoms with Crippen molar-refractivity contribution in [1.82, 2.24) is 4.90 Å². The van der Waals surface area contributed by atoms with Crippen LogP contribution in [0.4, 0.5) is 16.2 Å². The maximum atomic E-state index is 12.3. The highest BCUT2D eigenvalue weighted by molar-refractivity contribution is 6.01. The van der Waals surface area contributed by atoms with E-state index in [2.05, 4.69) is 16.3 Å². The second-order valence-electron chi connectivity index (χ2n) is 9.48. The fourth-order valence-electron chi connectivity index (χ4n) is 4.74. The lowest BCUT2D eigenvalue weighted by molar-refractivity contribution is -0.115. The molecule has 0 aromatic heterocycles. The van der Waals surface area contributed by atoms with E-state index in [9.17, 15) is 9.59 Å². The van der Waals surface area contributed by atoms with Crippen molar-refractivity contribution in [2.45, 2.75) is 58.5 Å². The number of carbonyl (C=O) groups is 2. The summed E-state index contributed by atoms with van der Waals surface area (Å²) >= 11 is 0. The first-order valence-corrected chi connectivity index (χ1v) is 10.4. The molecule has 1 N–H and O–H groups in total. The van der Waals surface area contributed by atoms with Gasteiger partial charge in [0.2, 0.25) is 5.91 Å². The maximum absolute atomic E-state index is 12.3. The van der Waals surface area contributed by atoms with Crippen LogP contribution in [-0.2, 0) is 16.0 Å². The van der Waals surface area contributed by atoms with Crippen LogP contribution < -0.4 is 10.2 Å². The lowest BCUT2D eigenvalue weighted by Gasteiger charge is -2.47. The lowest BCUT2D eigenvalue weighted by Crippen LogP contribution is -2.49. The number of carbonyl (C=O) groups excluding carboxylic acids is 2. The molecule has 3 aliphatic heterocycles. The van der Waals surface area contributed by atoms with Gasteiger partial charge in [0.15, 0.2) is 0 Å². The van der Waals surface area contributed by atoms with Gasteiger partial charge in [-0.05, 0) is 64.0 Å². The van der Waals surface area contributed by atoms with E-state index in [4.69, 9.17) is 4.74 Å². The van der Waals surface area contributed by atoms with Crippen LogP contribution in [0.2, 0.25) is 0 Å². The molecule has 2 fully saturated rings. The number of amides is 2. The molecule has 2 amide bonds. The molecule has 0 aliphatic carbocycles. The van der Waals surface area contributed by atoms with Gasteiger partial charge in [-0.1, -0.05) is 6.07 Å². The van der Waals surface area contributed by atoms with Crippen LogP contribution in [0.25, 0.3) is 0 Å². The van der Waals surface area contributed by atoms with Gasteiger partial charge in [0.05, 0.1) is 6.42 Å². The highest BCUT2D eigenvalue weighted by Crippen LogP contribution is 2.43. The number of nitrogens with one attached hydrogen (secondary N) is 1. The van der Waals surface area contributed by atoms with Gasteiger partial charge in [0.25, 0.3) is 0 Å². The topological polar surface area (TPSA) is 61.9 Å². The molecule has 1 aromatic rings. The summed E-state index contributed by atoms with van der Waals surface area (Å²) in [6.45, 7) is 9.33. The summed E-state index contributed by atoms with van der Waals surface area (Å²) in [6.07, 6.45) is 4.68. The number of likely N-dealkylation sites (tertiary alicyclic amines) is 1. The van der Waals surface area contributed by atoms with Crippen LogP contribution in [-0.4, -0.2) is 48.7 Å². The Labute approximate surface area is 167 Å². The highest BCUT2D eigenvalue weighted by Gasteiger charge is 2.40. The van der Waals surface area contributed by atoms with Crippen LogP contribution in [0.15, 0.2) is 18.2 Å². The smallest absolute Gasteiger partial charge is 0.410 e. The van der Waals surface area contributed by atoms with E-state index in [0.717, 1.165) is 63.1 Å². The largest absolute Gasteiger partial charge is 0.444 e. The molecule has 1 aromatic carbocycles. The Morgan fingerprint density at radius 2 is 1.71 bits per heavy atom. The normalized spacial score (nSPS) is 21.5. The summed E-state index contributed by atoms with van der Waals surface area (Å²) in [5, 5.41) is 2.95. The number of piperidine rings is 2. The van der Waals surface area contributed by atoms with Crippen molar-refractivity contribution in [2.75, 3.05) is 36.4 Å². The molecule has 0 radical (unpaired) electrons. The average Bonchev–Trinajstić information content (AvgIpc) is 3.02. The monoisotopic (exact) mass is 385 g/mol. The molecule has 152 valence electrons. The summed E-state index contributed by atoms with van der Waals surface area (Å²) in [5.41, 5.74) is 3.21. The number of hydrogen-bond donors (Lipinski definition) is 1. The molecule has 1 spiro atoms. The third-order valence-corrected chi connectivity index (χ3v) is 6.40. The summed E-state index contributed by atoms with van der Waals surface area (Å²) < 4.78 is 5.52. The van der Waals surface area contributed by atoms with Crippen LogP contribution in [0.5, 0.6) is 0 Å². The molecular formula is C22H31N3O3. The third-order valence-electron chi connectivity index (χ3n) is 6.40. The number of benzene rings is 1. The molecule has 6 heteroatoms. The predicted octanol–water partition coefficient (Wildman–Crippen LogP) is 3.80. The maximum Gasteiger partial charge on any atom is 0.410 e. The zero-order chi connectivity index (χ0) is 19.9. The quantitative estimate of drug-likeness (QED) is 0.799. The van der Waals surface area contributed by atoms with Gasteiger partial charge < -0.3 is 19.9 Å². The Hall–Kier alpha value is -2.24. The van der Waals surface area contributed by atoms with Gasteiger partial charge in [-0.25, -0.2) is 4.79 Å². The second-order valence-corrected chi connectivity index (χ2v) is 9.48.